The van der Waals surface area contributed by atoms with E-state index in [4.69, 9.17) is 22.1 Å². The zero-order valence-electron chi connectivity index (χ0n) is 15.3. The molecule has 1 heterocycles. The first-order valence-electron chi connectivity index (χ1n) is 9.62. The van der Waals surface area contributed by atoms with E-state index < -0.39 is 0 Å². The number of nitrogens with zero attached hydrogens (tertiary/aromatic N) is 1. The number of piperidine rings is 1. The summed E-state index contributed by atoms with van der Waals surface area (Å²) in [6.07, 6.45) is 4.46. The first kappa shape index (κ1) is 17.8. The zero-order valence-corrected chi connectivity index (χ0v) is 16.1. The van der Waals surface area contributed by atoms with Crippen LogP contribution in [0.15, 0.2) is 42.5 Å². The van der Waals surface area contributed by atoms with E-state index in [0.29, 0.717) is 11.1 Å². The molecule has 0 saturated carbocycles. The molecule has 1 aliphatic carbocycles. The van der Waals surface area contributed by atoms with Gasteiger partial charge in [0.05, 0.1) is 11.1 Å². The second-order valence-electron chi connectivity index (χ2n) is 7.63. The molecule has 1 saturated heterocycles. The summed E-state index contributed by atoms with van der Waals surface area (Å²) in [4.78, 5) is 2.54. The van der Waals surface area contributed by atoms with Crippen LogP contribution in [0.1, 0.15) is 42.1 Å². The van der Waals surface area contributed by atoms with E-state index in [0.717, 1.165) is 50.1 Å². The van der Waals surface area contributed by atoms with Crippen molar-refractivity contribution in [2.24, 2.45) is 5.73 Å². The Labute approximate surface area is 161 Å². The lowest BCUT2D eigenvalue weighted by molar-refractivity contribution is 0.0364. The molecule has 4 heteroatoms. The molecule has 2 N–H and O–H groups in total. The van der Waals surface area contributed by atoms with Crippen molar-refractivity contribution in [1.82, 2.24) is 4.90 Å². The standard InChI is InChI=1S/C22H27ClN2O/c1-15-6-4-10-19(23)21(15)26-22-18-9-3-2-7-16(18)11-12-20(22)25-13-5-8-17(24)14-25/h2-4,6-7,9-10,17,20,22H,5,8,11-14,24H2,1H3/t17-,20?,22?/m1/s1. The molecule has 138 valence electrons. The maximum atomic E-state index is 6.63. The highest BCUT2D eigenvalue weighted by Gasteiger charge is 2.37. The molecular weight excluding hydrogens is 344 g/mol. The van der Waals surface area contributed by atoms with Crippen molar-refractivity contribution in [3.63, 3.8) is 0 Å². The fourth-order valence-corrected chi connectivity index (χ4v) is 4.72. The summed E-state index contributed by atoms with van der Waals surface area (Å²) in [5.41, 5.74) is 10.0. The molecule has 0 aromatic heterocycles. The number of ether oxygens (including phenoxy) is 1. The molecule has 4 rings (SSSR count). The lowest BCUT2D eigenvalue weighted by Crippen LogP contribution is -2.51. The topological polar surface area (TPSA) is 38.5 Å². The fraction of sp³-hybridized carbons (Fsp3) is 0.455. The molecule has 0 spiro atoms. The molecule has 1 fully saturated rings. The Morgan fingerprint density at radius 2 is 1.96 bits per heavy atom. The Kier molecular flexibility index (Phi) is 5.21. The summed E-state index contributed by atoms with van der Waals surface area (Å²) in [6.45, 7) is 4.11. The quantitative estimate of drug-likeness (QED) is 0.864. The number of likely N-dealkylation sites (tertiary alicyclic amines) is 1. The normalized spacial score (nSPS) is 26.3. The third-order valence-corrected chi connectivity index (χ3v) is 6.09. The number of aryl methyl sites for hydroxylation is 2. The number of hydrogen-bond donors (Lipinski definition) is 1. The third kappa shape index (κ3) is 3.48. The molecular formula is C22H27ClN2O. The summed E-state index contributed by atoms with van der Waals surface area (Å²) >= 11 is 6.47. The average molecular weight is 371 g/mol. The summed E-state index contributed by atoms with van der Waals surface area (Å²) in [5, 5.41) is 0.683. The van der Waals surface area contributed by atoms with E-state index in [2.05, 4.69) is 42.2 Å². The first-order chi connectivity index (χ1) is 12.6. The maximum Gasteiger partial charge on any atom is 0.141 e. The number of nitrogens with two attached hydrogens (primary N) is 1. The van der Waals surface area contributed by atoms with Crippen LogP contribution in [0.5, 0.6) is 5.75 Å². The molecule has 26 heavy (non-hydrogen) atoms. The Morgan fingerprint density at radius 3 is 2.77 bits per heavy atom. The minimum absolute atomic E-state index is 0.0103. The Morgan fingerprint density at radius 1 is 1.12 bits per heavy atom. The van der Waals surface area contributed by atoms with Crippen molar-refractivity contribution >= 4 is 11.6 Å². The van der Waals surface area contributed by atoms with Gasteiger partial charge in [-0.05, 0) is 61.9 Å². The van der Waals surface area contributed by atoms with E-state index in [1.165, 1.54) is 11.1 Å². The molecule has 3 atom stereocenters. The van der Waals surface area contributed by atoms with Crippen molar-refractivity contribution in [2.45, 2.75) is 50.8 Å². The van der Waals surface area contributed by atoms with Crippen LogP contribution in [0.4, 0.5) is 0 Å². The van der Waals surface area contributed by atoms with Gasteiger partial charge in [0.1, 0.15) is 11.9 Å². The van der Waals surface area contributed by atoms with E-state index in [9.17, 15) is 0 Å². The van der Waals surface area contributed by atoms with E-state index in [-0.39, 0.29) is 12.1 Å². The second-order valence-corrected chi connectivity index (χ2v) is 8.03. The van der Waals surface area contributed by atoms with E-state index in [1.54, 1.807) is 0 Å². The van der Waals surface area contributed by atoms with Crippen LogP contribution in [-0.2, 0) is 6.42 Å². The van der Waals surface area contributed by atoms with Gasteiger partial charge in [-0.2, -0.15) is 0 Å². The minimum Gasteiger partial charge on any atom is -0.482 e. The second kappa shape index (κ2) is 7.59. The van der Waals surface area contributed by atoms with Gasteiger partial charge in [0.15, 0.2) is 0 Å². The molecule has 2 aliphatic rings. The van der Waals surface area contributed by atoms with Gasteiger partial charge in [-0.3, -0.25) is 4.90 Å². The number of halogens is 1. The van der Waals surface area contributed by atoms with Crippen LogP contribution in [-0.4, -0.2) is 30.1 Å². The fourth-order valence-electron chi connectivity index (χ4n) is 4.45. The predicted octanol–water partition coefficient (Wildman–Crippen LogP) is 4.51. The van der Waals surface area contributed by atoms with Crippen molar-refractivity contribution in [3.05, 3.63) is 64.2 Å². The van der Waals surface area contributed by atoms with Crippen LogP contribution in [0, 0.1) is 6.92 Å². The number of fused-ring (bicyclic) bond motifs is 1. The molecule has 1 aliphatic heterocycles. The molecule has 3 nitrogen and oxygen atoms in total. The van der Waals surface area contributed by atoms with Crippen molar-refractivity contribution < 1.29 is 4.74 Å². The highest BCUT2D eigenvalue weighted by Crippen LogP contribution is 2.40. The zero-order chi connectivity index (χ0) is 18.1. The largest absolute Gasteiger partial charge is 0.482 e. The number of hydrogen-bond acceptors (Lipinski definition) is 3. The van der Waals surface area contributed by atoms with Crippen molar-refractivity contribution in [3.8, 4) is 5.75 Å². The molecule has 0 radical (unpaired) electrons. The van der Waals surface area contributed by atoms with Gasteiger partial charge in [-0.15, -0.1) is 0 Å². The summed E-state index contributed by atoms with van der Waals surface area (Å²) in [5.74, 6) is 0.808. The lowest BCUT2D eigenvalue weighted by atomic mass is 9.84. The maximum absolute atomic E-state index is 6.63. The van der Waals surface area contributed by atoms with E-state index in [1.807, 2.05) is 12.1 Å². The van der Waals surface area contributed by atoms with Crippen LogP contribution >= 0.6 is 11.6 Å². The van der Waals surface area contributed by atoms with Gasteiger partial charge in [0, 0.05) is 12.6 Å². The van der Waals surface area contributed by atoms with Crippen LogP contribution in [0.25, 0.3) is 0 Å². The van der Waals surface area contributed by atoms with E-state index >= 15 is 0 Å². The summed E-state index contributed by atoms with van der Waals surface area (Å²) < 4.78 is 6.63. The van der Waals surface area contributed by atoms with Crippen molar-refractivity contribution in [2.75, 3.05) is 13.1 Å². The number of benzene rings is 2. The molecule has 0 bridgehead atoms. The van der Waals surface area contributed by atoms with Crippen LogP contribution < -0.4 is 10.5 Å². The highest BCUT2D eigenvalue weighted by molar-refractivity contribution is 6.32. The Hall–Kier alpha value is -1.55. The lowest BCUT2D eigenvalue weighted by Gasteiger charge is -2.43. The smallest absolute Gasteiger partial charge is 0.141 e. The van der Waals surface area contributed by atoms with Gasteiger partial charge >= 0.3 is 0 Å². The molecule has 2 aromatic carbocycles. The average Bonchev–Trinajstić information content (AvgIpc) is 2.64. The van der Waals surface area contributed by atoms with Gasteiger partial charge in [-0.25, -0.2) is 0 Å². The summed E-state index contributed by atoms with van der Waals surface area (Å²) in [7, 11) is 0. The third-order valence-electron chi connectivity index (χ3n) is 5.79. The highest BCUT2D eigenvalue weighted by atomic mass is 35.5. The monoisotopic (exact) mass is 370 g/mol. The predicted molar refractivity (Wildman–Crippen MR) is 107 cm³/mol. The Balaban J connectivity index is 1.70. The number of para-hydroxylation sites is 1. The number of rotatable bonds is 3. The van der Waals surface area contributed by atoms with Crippen LogP contribution in [0.3, 0.4) is 0 Å². The minimum atomic E-state index is -0.0103. The molecule has 2 aromatic rings. The molecule has 0 amide bonds. The van der Waals surface area contributed by atoms with Gasteiger partial charge in [0.2, 0.25) is 0 Å². The first-order valence-corrected chi connectivity index (χ1v) is 10.0. The van der Waals surface area contributed by atoms with Gasteiger partial charge in [0.25, 0.3) is 0 Å². The molecule has 2 unspecified atom stereocenters. The Bertz CT molecular complexity index is 758. The summed E-state index contributed by atoms with van der Waals surface area (Å²) in [6, 6.07) is 15.2. The van der Waals surface area contributed by atoms with Crippen molar-refractivity contribution in [1.29, 1.82) is 0 Å². The van der Waals surface area contributed by atoms with Gasteiger partial charge < -0.3 is 10.5 Å². The van der Waals surface area contributed by atoms with Crippen LogP contribution in [0.2, 0.25) is 5.02 Å². The van der Waals surface area contributed by atoms with Gasteiger partial charge in [-0.1, -0.05) is 48.0 Å². The SMILES string of the molecule is Cc1cccc(Cl)c1OC1c2ccccc2CCC1N1CCC[C@@H](N)C1.